The second-order valence-electron chi connectivity index (χ2n) is 5.10. The number of aryl methyl sites for hydroxylation is 1. The highest BCUT2D eigenvalue weighted by Gasteiger charge is 2.08. The molecule has 0 bridgehead atoms. The highest BCUT2D eigenvalue weighted by Crippen LogP contribution is 2.18. The second-order valence-corrected chi connectivity index (χ2v) is 5.10. The fraction of sp³-hybridized carbons (Fsp3) is 0.333. The van der Waals surface area contributed by atoms with Crippen molar-refractivity contribution in [1.29, 1.82) is 0 Å². The average Bonchev–Trinajstić information content (AvgIpc) is 2.83. The Kier molecular flexibility index (Phi) is 4.08. The van der Waals surface area contributed by atoms with Crippen LogP contribution >= 0.6 is 0 Å². The van der Waals surface area contributed by atoms with Crippen LogP contribution in [-0.2, 0) is 0 Å². The lowest BCUT2D eigenvalue weighted by molar-refractivity contribution is 0.262. The van der Waals surface area contributed by atoms with E-state index in [0.29, 0.717) is 5.82 Å². The average molecular weight is 272 g/mol. The van der Waals surface area contributed by atoms with E-state index in [1.165, 1.54) is 0 Å². The van der Waals surface area contributed by atoms with E-state index in [1.807, 2.05) is 52.1 Å². The van der Waals surface area contributed by atoms with Crippen LogP contribution in [0.15, 0.2) is 30.5 Å². The standard InChI is InChI=1S/C15H20N4O/c1-10(2)19-9-8-14(18-19)17-15(20)16-13-7-5-6-11(3)12(13)4/h5-10H,1-4H3,(H2,16,17,18,20). The summed E-state index contributed by atoms with van der Waals surface area (Å²) in [6.45, 7) is 8.07. The van der Waals surface area contributed by atoms with E-state index in [9.17, 15) is 4.79 Å². The van der Waals surface area contributed by atoms with Gasteiger partial charge in [-0.25, -0.2) is 4.79 Å². The summed E-state index contributed by atoms with van der Waals surface area (Å²) in [5.74, 6) is 0.543. The molecular formula is C15H20N4O. The summed E-state index contributed by atoms with van der Waals surface area (Å²) < 4.78 is 1.80. The molecule has 0 fully saturated rings. The zero-order valence-corrected chi connectivity index (χ0v) is 12.3. The van der Waals surface area contributed by atoms with Gasteiger partial charge in [-0.15, -0.1) is 0 Å². The van der Waals surface area contributed by atoms with Gasteiger partial charge in [-0.2, -0.15) is 5.10 Å². The number of anilines is 2. The molecule has 0 spiro atoms. The maximum atomic E-state index is 12.0. The van der Waals surface area contributed by atoms with E-state index >= 15 is 0 Å². The van der Waals surface area contributed by atoms with E-state index < -0.39 is 0 Å². The molecule has 1 heterocycles. The highest BCUT2D eigenvalue weighted by molar-refractivity contribution is 5.99. The van der Waals surface area contributed by atoms with Crippen LogP contribution in [0.25, 0.3) is 0 Å². The molecule has 1 aromatic carbocycles. The minimum absolute atomic E-state index is 0.271. The summed E-state index contributed by atoms with van der Waals surface area (Å²) in [5.41, 5.74) is 3.02. The van der Waals surface area contributed by atoms with Crippen LogP contribution in [0.4, 0.5) is 16.3 Å². The third-order valence-corrected chi connectivity index (χ3v) is 3.23. The molecule has 2 N–H and O–H groups in total. The van der Waals surface area contributed by atoms with Crippen LogP contribution in [0.5, 0.6) is 0 Å². The first kappa shape index (κ1) is 14.1. The molecule has 0 unspecified atom stereocenters. The van der Waals surface area contributed by atoms with Crippen LogP contribution < -0.4 is 10.6 Å². The Labute approximate surface area is 119 Å². The molecule has 5 heteroatoms. The first-order chi connectivity index (χ1) is 9.47. The third kappa shape index (κ3) is 3.17. The summed E-state index contributed by atoms with van der Waals surface area (Å²) in [6.07, 6.45) is 1.85. The molecule has 2 amide bonds. The van der Waals surface area contributed by atoms with Crippen molar-refractivity contribution < 1.29 is 4.79 Å². The first-order valence-electron chi connectivity index (χ1n) is 6.66. The predicted molar refractivity (Wildman–Crippen MR) is 81.2 cm³/mol. The van der Waals surface area contributed by atoms with Crippen molar-refractivity contribution in [3.63, 3.8) is 0 Å². The minimum atomic E-state index is -0.285. The molecule has 2 rings (SSSR count). The lowest BCUT2D eigenvalue weighted by atomic mass is 10.1. The molecule has 0 aliphatic carbocycles. The van der Waals surface area contributed by atoms with Crippen molar-refractivity contribution in [2.75, 3.05) is 10.6 Å². The van der Waals surface area contributed by atoms with Crippen molar-refractivity contribution >= 4 is 17.5 Å². The monoisotopic (exact) mass is 272 g/mol. The number of amides is 2. The molecule has 0 aliphatic heterocycles. The molecule has 106 valence electrons. The summed E-state index contributed by atoms with van der Waals surface area (Å²) in [5, 5.41) is 9.85. The van der Waals surface area contributed by atoms with Crippen molar-refractivity contribution in [1.82, 2.24) is 9.78 Å². The van der Waals surface area contributed by atoms with Crippen molar-refractivity contribution in [3.05, 3.63) is 41.6 Å². The molecule has 0 radical (unpaired) electrons. The highest BCUT2D eigenvalue weighted by atomic mass is 16.2. The maximum Gasteiger partial charge on any atom is 0.324 e. The Hall–Kier alpha value is -2.30. The number of hydrogen-bond donors (Lipinski definition) is 2. The molecule has 5 nitrogen and oxygen atoms in total. The molecule has 0 saturated heterocycles. The summed E-state index contributed by atoms with van der Waals surface area (Å²) in [7, 11) is 0. The summed E-state index contributed by atoms with van der Waals surface area (Å²) >= 11 is 0. The number of nitrogens with zero attached hydrogens (tertiary/aromatic N) is 2. The van der Waals surface area contributed by atoms with Gasteiger partial charge in [0.15, 0.2) is 5.82 Å². The number of nitrogens with one attached hydrogen (secondary N) is 2. The lowest BCUT2D eigenvalue weighted by Gasteiger charge is -2.10. The van der Waals surface area contributed by atoms with Gasteiger partial charge in [-0.3, -0.25) is 10.00 Å². The second kappa shape index (κ2) is 5.77. The van der Waals surface area contributed by atoms with Gasteiger partial charge < -0.3 is 5.32 Å². The fourth-order valence-electron chi connectivity index (χ4n) is 1.85. The predicted octanol–water partition coefficient (Wildman–Crippen LogP) is 3.72. The number of benzene rings is 1. The van der Waals surface area contributed by atoms with Gasteiger partial charge in [0.1, 0.15) is 0 Å². The van der Waals surface area contributed by atoms with Crippen molar-refractivity contribution in [2.45, 2.75) is 33.7 Å². The van der Waals surface area contributed by atoms with Gasteiger partial charge in [0, 0.05) is 24.0 Å². The number of aromatic nitrogens is 2. The van der Waals surface area contributed by atoms with E-state index in [1.54, 1.807) is 10.7 Å². The van der Waals surface area contributed by atoms with Crippen LogP contribution in [0, 0.1) is 13.8 Å². The quantitative estimate of drug-likeness (QED) is 0.894. The smallest absolute Gasteiger partial charge is 0.307 e. The maximum absolute atomic E-state index is 12.0. The summed E-state index contributed by atoms with van der Waals surface area (Å²) in [4.78, 5) is 12.0. The van der Waals surface area contributed by atoms with Gasteiger partial charge >= 0.3 is 6.03 Å². The number of rotatable bonds is 3. The van der Waals surface area contributed by atoms with Gasteiger partial charge in [-0.05, 0) is 44.9 Å². The van der Waals surface area contributed by atoms with E-state index in [2.05, 4.69) is 15.7 Å². The largest absolute Gasteiger partial charge is 0.324 e. The van der Waals surface area contributed by atoms with Crippen LogP contribution in [0.1, 0.15) is 31.0 Å². The molecular weight excluding hydrogens is 252 g/mol. The van der Waals surface area contributed by atoms with Gasteiger partial charge in [0.25, 0.3) is 0 Å². The molecule has 0 atom stereocenters. The van der Waals surface area contributed by atoms with E-state index in [0.717, 1.165) is 16.8 Å². The Morgan fingerprint density at radius 2 is 1.95 bits per heavy atom. The Morgan fingerprint density at radius 3 is 2.60 bits per heavy atom. The normalized spacial score (nSPS) is 10.7. The third-order valence-electron chi connectivity index (χ3n) is 3.23. The van der Waals surface area contributed by atoms with Crippen LogP contribution in [0.2, 0.25) is 0 Å². The topological polar surface area (TPSA) is 59.0 Å². The Morgan fingerprint density at radius 1 is 1.20 bits per heavy atom. The van der Waals surface area contributed by atoms with Crippen LogP contribution in [-0.4, -0.2) is 15.8 Å². The zero-order chi connectivity index (χ0) is 14.7. The molecule has 2 aromatic rings. The molecule has 0 aliphatic rings. The Balaban J connectivity index is 2.03. The number of carbonyl (C=O) groups is 1. The molecule has 20 heavy (non-hydrogen) atoms. The van der Waals surface area contributed by atoms with Crippen molar-refractivity contribution in [3.8, 4) is 0 Å². The Bertz CT molecular complexity index is 616. The minimum Gasteiger partial charge on any atom is -0.307 e. The van der Waals surface area contributed by atoms with Gasteiger partial charge in [0.2, 0.25) is 0 Å². The number of urea groups is 1. The number of hydrogen-bond acceptors (Lipinski definition) is 2. The fourth-order valence-corrected chi connectivity index (χ4v) is 1.85. The van der Waals surface area contributed by atoms with Gasteiger partial charge in [-0.1, -0.05) is 12.1 Å². The van der Waals surface area contributed by atoms with Gasteiger partial charge in [0.05, 0.1) is 0 Å². The number of carbonyl (C=O) groups excluding carboxylic acids is 1. The SMILES string of the molecule is Cc1cccc(NC(=O)Nc2ccn(C(C)C)n2)c1C. The van der Waals surface area contributed by atoms with Crippen molar-refractivity contribution in [2.24, 2.45) is 0 Å². The molecule has 0 saturated carbocycles. The van der Waals surface area contributed by atoms with E-state index in [4.69, 9.17) is 0 Å². The van der Waals surface area contributed by atoms with Crippen LogP contribution in [0.3, 0.4) is 0 Å². The first-order valence-corrected chi connectivity index (χ1v) is 6.66. The zero-order valence-electron chi connectivity index (χ0n) is 12.3. The molecule has 1 aromatic heterocycles. The lowest BCUT2D eigenvalue weighted by Crippen LogP contribution is -2.20. The van der Waals surface area contributed by atoms with E-state index in [-0.39, 0.29) is 12.1 Å². The summed E-state index contributed by atoms with van der Waals surface area (Å²) in [6, 6.07) is 7.59.